The normalized spacial score (nSPS) is 10.1. The van der Waals surface area contributed by atoms with Crippen LogP contribution < -0.4 is 4.74 Å². The average Bonchev–Trinajstić information content (AvgIpc) is 2.32. The summed E-state index contributed by atoms with van der Waals surface area (Å²) < 4.78 is 5.52. The first-order valence-corrected chi connectivity index (χ1v) is 5.79. The lowest BCUT2D eigenvalue weighted by Gasteiger charge is -2.08. The van der Waals surface area contributed by atoms with Crippen LogP contribution in [0.3, 0.4) is 0 Å². The van der Waals surface area contributed by atoms with E-state index in [1.807, 2.05) is 0 Å². The number of carboxylic acids is 1. The molecule has 0 saturated carbocycles. The number of carboxylic acid groups (broad SMARTS) is 1. The first kappa shape index (κ1) is 12.7. The fraction of sp³-hybridized carbons (Fsp3) is 0. The molecule has 0 atom stereocenters. The zero-order chi connectivity index (χ0) is 13.1. The van der Waals surface area contributed by atoms with E-state index in [0.29, 0.717) is 16.5 Å². The number of para-hydroxylation sites is 1. The minimum Gasteiger partial charge on any atom is -0.478 e. The Balaban J connectivity index is 2.29. The molecule has 0 aromatic heterocycles. The molecular formula is C13H8Cl2O3. The lowest BCUT2D eigenvalue weighted by atomic mass is 10.2. The van der Waals surface area contributed by atoms with Crippen LogP contribution in [0.5, 0.6) is 11.5 Å². The van der Waals surface area contributed by atoms with E-state index in [1.54, 1.807) is 24.3 Å². The molecule has 92 valence electrons. The predicted octanol–water partition coefficient (Wildman–Crippen LogP) is 4.48. The summed E-state index contributed by atoms with van der Waals surface area (Å²) in [4.78, 5) is 10.8. The molecule has 2 aromatic rings. The van der Waals surface area contributed by atoms with E-state index in [9.17, 15) is 4.79 Å². The molecule has 0 radical (unpaired) electrons. The Morgan fingerprint density at radius 2 is 1.78 bits per heavy atom. The van der Waals surface area contributed by atoms with Crippen LogP contribution in [0.2, 0.25) is 10.0 Å². The zero-order valence-corrected chi connectivity index (χ0v) is 10.6. The number of halogens is 2. The van der Waals surface area contributed by atoms with Gasteiger partial charge in [0.25, 0.3) is 0 Å². The Kier molecular flexibility index (Phi) is 3.75. The molecule has 1 N–H and O–H groups in total. The van der Waals surface area contributed by atoms with Gasteiger partial charge in [-0.2, -0.15) is 0 Å². The molecule has 0 unspecified atom stereocenters. The van der Waals surface area contributed by atoms with Crippen LogP contribution in [0.4, 0.5) is 0 Å². The van der Waals surface area contributed by atoms with Crippen LogP contribution in [0, 0.1) is 0 Å². The van der Waals surface area contributed by atoms with Crippen molar-refractivity contribution >= 4 is 29.2 Å². The predicted molar refractivity (Wildman–Crippen MR) is 69.9 cm³/mol. The Morgan fingerprint density at radius 1 is 1.06 bits per heavy atom. The van der Waals surface area contributed by atoms with Crippen molar-refractivity contribution in [2.75, 3.05) is 0 Å². The number of hydrogen-bond acceptors (Lipinski definition) is 2. The molecule has 0 aliphatic rings. The molecule has 0 spiro atoms. The summed E-state index contributed by atoms with van der Waals surface area (Å²) >= 11 is 11.8. The third-order valence-electron chi connectivity index (χ3n) is 2.24. The number of rotatable bonds is 3. The van der Waals surface area contributed by atoms with E-state index in [4.69, 9.17) is 33.0 Å². The number of ether oxygens (including phenoxy) is 1. The topological polar surface area (TPSA) is 46.5 Å². The lowest BCUT2D eigenvalue weighted by molar-refractivity contribution is 0.0697. The molecule has 0 saturated heterocycles. The molecule has 2 rings (SSSR count). The molecule has 3 nitrogen and oxygen atoms in total. The maximum Gasteiger partial charge on any atom is 0.337 e. The first-order chi connectivity index (χ1) is 8.58. The number of aromatic carboxylic acids is 1. The summed E-state index contributed by atoms with van der Waals surface area (Å²) in [6.07, 6.45) is 0. The van der Waals surface area contributed by atoms with Gasteiger partial charge >= 0.3 is 5.97 Å². The minimum absolute atomic E-state index is 0.0307. The van der Waals surface area contributed by atoms with Crippen molar-refractivity contribution in [1.29, 1.82) is 0 Å². The molecule has 0 bridgehead atoms. The Bertz CT molecular complexity index is 597. The fourth-order valence-electron chi connectivity index (χ4n) is 1.39. The van der Waals surface area contributed by atoms with Crippen molar-refractivity contribution in [3.05, 3.63) is 58.1 Å². The van der Waals surface area contributed by atoms with Gasteiger partial charge in [-0.3, -0.25) is 0 Å². The lowest BCUT2D eigenvalue weighted by Crippen LogP contribution is -1.97. The standard InChI is InChI=1S/C13H8Cl2O3/c14-10-3-1-2-4-12(10)18-8-5-6-9(13(16)17)11(15)7-8/h1-7H,(H,16,17). The van der Waals surface area contributed by atoms with E-state index in [1.165, 1.54) is 18.2 Å². The van der Waals surface area contributed by atoms with Crippen LogP contribution >= 0.6 is 23.2 Å². The molecular weight excluding hydrogens is 275 g/mol. The molecule has 5 heteroatoms. The first-order valence-electron chi connectivity index (χ1n) is 5.03. The summed E-state index contributed by atoms with van der Waals surface area (Å²) in [5.74, 6) is -0.166. The van der Waals surface area contributed by atoms with Crippen molar-refractivity contribution in [1.82, 2.24) is 0 Å². The highest BCUT2D eigenvalue weighted by Crippen LogP contribution is 2.31. The summed E-state index contributed by atoms with van der Waals surface area (Å²) in [5.41, 5.74) is 0.0307. The van der Waals surface area contributed by atoms with Gasteiger partial charge < -0.3 is 9.84 Å². The summed E-state index contributed by atoms with van der Waals surface area (Å²) in [6, 6.07) is 11.3. The number of carbonyl (C=O) groups is 1. The van der Waals surface area contributed by atoms with E-state index < -0.39 is 5.97 Å². The van der Waals surface area contributed by atoms with Crippen molar-refractivity contribution < 1.29 is 14.6 Å². The maximum atomic E-state index is 10.8. The maximum absolute atomic E-state index is 10.8. The van der Waals surface area contributed by atoms with Crippen molar-refractivity contribution in [3.63, 3.8) is 0 Å². The van der Waals surface area contributed by atoms with Gasteiger partial charge in [-0.1, -0.05) is 35.3 Å². The van der Waals surface area contributed by atoms with Crippen LogP contribution in [-0.2, 0) is 0 Å². The van der Waals surface area contributed by atoms with Gasteiger partial charge in [0.05, 0.1) is 15.6 Å². The van der Waals surface area contributed by atoms with Gasteiger partial charge in [0.15, 0.2) is 0 Å². The zero-order valence-electron chi connectivity index (χ0n) is 9.06. The second-order valence-electron chi connectivity index (χ2n) is 3.48. The van der Waals surface area contributed by atoms with Crippen molar-refractivity contribution in [2.45, 2.75) is 0 Å². The van der Waals surface area contributed by atoms with Crippen LogP contribution in [0.15, 0.2) is 42.5 Å². The summed E-state index contributed by atoms with van der Waals surface area (Å²) in [6.45, 7) is 0. The minimum atomic E-state index is -1.08. The van der Waals surface area contributed by atoms with Gasteiger partial charge in [-0.15, -0.1) is 0 Å². The molecule has 0 heterocycles. The van der Waals surface area contributed by atoms with Crippen LogP contribution in [-0.4, -0.2) is 11.1 Å². The van der Waals surface area contributed by atoms with Gasteiger partial charge in [0.1, 0.15) is 11.5 Å². The monoisotopic (exact) mass is 282 g/mol. The highest BCUT2D eigenvalue weighted by Gasteiger charge is 2.10. The third-order valence-corrected chi connectivity index (χ3v) is 2.86. The Hall–Kier alpha value is -1.71. The van der Waals surface area contributed by atoms with Crippen LogP contribution in [0.25, 0.3) is 0 Å². The highest BCUT2D eigenvalue weighted by atomic mass is 35.5. The molecule has 0 amide bonds. The molecule has 0 aliphatic heterocycles. The summed E-state index contributed by atoms with van der Waals surface area (Å²) in [7, 11) is 0. The SMILES string of the molecule is O=C(O)c1ccc(Oc2ccccc2Cl)cc1Cl. The smallest absolute Gasteiger partial charge is 0.337 e. The third kappa shape index (κ3) is 2.75. The van der Waals surface area contributed by atoms with Gasteiger partial charge in [0.2, 0.25) is 0 Å². The number of hydrogen-bond donors (Lipinski definition) is 1. The summed E-state index contributed by atoms with van der Waals surface area (Å²) in [5, 5.41) is 9.43. The number of benzene rings is 2. The van der Waals surface area contributed by atoms with Crippen molar-refractivity contribution in [3.8, 4) is 11.5 Å². The van der Waals surface area contributed by atoms with E-state index in [-0.39, 0.29) is 10.6 Å². The fourth-order valence-corrected chi connectivity index (χ4v) is 1.81. The molecule has 18 heavy (non-hydrogen) atoms. The van der Waals surface area contributed by atoms with Crippen LogP contribution in [0.1, 0.15) is 10.4 Å². The molecule has 2 aromatic carbocycles. The highest BCUT2D eigenvalue weighted by molar-refractivity contribution is 6.33. The van der Waals surface area contributed by atoms with Crippen molar-refractivity contribution in [2.24, 2.45) is 0 Å². The van der Waals surface area contributed by atoms with Gasteiger partial charge in [-0.25, -0.2) is 4.79 Å². The van der Waals surface area contributed by atoms with E-state index in [2.05, 4.69) is 0 Å². The largest absolute Gasteiger partial charge is 0.478 e. The van der Waals surface area contributed by atoms with E-state index in [0.717, 1.165) is 0 Å². The van der Waals surface area contributed by atoms with E-state index >= 15 is 0 Å². The average molecular weight is 283 g/mol. The van der Waals surface area contributed by atoms with Gasteiger partial charge in [0, 0.05) is 6.07 Å². The quantitative estimate of drug-likeness (QED) is 0.903. The van der Waals surface area contributed by atoms with Gasteiger partial charge in [-0.05, 0) is 24.3 Å². The Labute approximate surface area is 114 Å². The second-order valence-corrected chi connectivity index (χ2v) is 4.29. The Morgan fingerprint density at radius 3 is 2.39 bits per heavy atom. The molecule has 0 aliphatic carbocycles. The molecule has 0 fully saturated rings. The second kappa shape index (κ2) is 5.29.